The van der Waals surface area contributed by atoms with Crippen molar-refractivity contribution in [1.82, 2.24) is 14.7 Å². The van der Waals surface area contributed by atoms with Crippen molar-refractivity contribution in [3.8, 4) is 5.75 Å². The third-order valence-corrected chi connectivity index (χ3v) is 3.35. The molecule has 7 heteroatoms. The molecular formula is C14H22N4O3. The van der Waals surface area contributed by atoms with Crippen LogP contribution in [-0.2, 0) is 11.3 Å². The number of nitrogens with two attached hydrogens (primary N) is 1. The highest BCUT2D eigenvalue weighted by atomic mass is 16.5. The maximum atomic E-state index is 12.1. The Balaban J connectivity index is 1.97. The molecule has 1 aromatic rings. The van der Waals surface area contributed by atoms with Gasteiger partial charge in [0.1, 0.15) is 18.9 Å². The lowest BCUT2D eigenvalue weighted by atomic mass is 10.1. The zero-order chi connectivity index (χ0) is 15.2. The molecule has 7 nitrogen and oxygen atoms in total. The van der Waals surface area contributed by atoms with Gasteiger partial charge in [-0.3, -0.25) is 9.59 Å². The van der Waals surface area contributed by atoms with Crippen LogP contribution < -0.4 is 16.0 Å². The Morgan fingerprint density at radius 3 is 2.76 bits per heavy atom. The molecule has 1 unspecified atom stereocenters. The predicted octanol–water partition coefficient (Wildman–Crippen LogP) is -0.0182. The number of carbonyl (C=O) groups is 1. The number of ether oxygens (including phenoxy) is 1. The number of amides is 1. The minimum Gasteiger partial charge on any atom is -0.490 e. The molecule has 1 aliphatic rings. The van der Waals surface area contributed by atoms with Crippen LogP contribution in [-0.4, -0.2) is 46.3 Å². The van der Waals surface area contributed by atoms with Crippen molar-refractivity contribution >= 4 is 5.91 Å². The summed E-state index contributed by atoms with van der Waals surface area (Å²) >= 11 is 0. The summed E-state index contributed by atoms with van der Waals surface area (Å²) in [5.74, 6) is 0.313. The van der Waals surface area contributed by atoms with Gasteiger partial charge in [-0.05, 0) is 26.2 Å². The average molecular weight is 294 g/mol. The van der Waals surface area contributed by atoms with Crippen molar-refractivity contribution in [1.29, 1.82) is 0 Å². The Morgan fingerprint density at radius 2 is 2.14 bits per heavy atom. The first-order valence-corrected chi connectivity index (χ1v) is 7.29. The molecule has 21 heavy (non-hydrogen) atoms. The molecule has 0 saturated carbocycles. The zero-order valence-corrected chi connectivity index (χ0v) is 12.3. The largest absolute Gasteiger partial charge is 0.490 e. The van der Waals surface area contributed by atoms with E-state index >= 15 is 0 Å². The third kappa shape index (κ3) is 4.56. The van der Waals surface area contributed by atoms with E-state index in [1.807, 2.05) is 6.92 Å². The molecule has 1 saturated heterocycles. The SMILES string of the molecule is CC(N)COc1cnn(CC(=O)N2CCCCC2)c(=O)c1. The zero-order valence-electron chi connectivity index (χ0n) is 12.3. The van der Waals surface area contributed by atoms with Gasteiger partial charge in [-0.25, -0.2) is 4.68 Å². The van der Waals surface area contributed by atoms with Crippen molar-refractivity contribution in [3.05, 3.63) is 22.6 Å². The van der Waals surface area contributed by atoms with Gasteiger partial charge in [0, 0.05) is 25.2 Å². The maximum Gasteiger partial charge on any atom is 0.270 e. The Kier molecular flexibility index (Phi) is 5.32. The number of piperidine rings is 1. The van der Waals surface area contributed by atoms with Crippen LogP contribution in [0.25, 0.3) is 0 Å². The monoisotopic (exact) mass is 294 g/mol. The van der Waals surface area contributed by atoms with Crippen LogP contribution in [0, 0.1) is 0 Å². The smallest absolute Gasteiger partial charge is 0.270 e. The van der Waals surface area contributed by atoms with Gasteiger partial charge in [0.15, 0.2) is 0 Å². The number of carbonyl (C=O) groups excluding carboxylic acids is 1. The van der Waals surface area contributed by atoms with Gasteiger partial charge in [-0.2, -0.15) is 5.10 Å². The van der Waals surface area contributed by atoms with Crippen LogP contribution >= 0.6 is 0 Å². The van der Waals surface area contributed by atoms with Crippen molar-refractivity contribution in [2.24, 2.45) is 5.73 Å². The van der Waals surface area contributed by atoms with Crippen molar-refractivity contribution < 1.29 is 9.53 Å². The molecule has 0 spiro atoms. The van der Waals surface area contributed by atoms with E-state index in [0.29, 0.717) is 12.4 Å². The van der Waals surface area contributed by atoms with Crippen LogP contribution in [0.2, 0.25) is 0 Å². The molecule has 0 aliphatic carbocycles. The Bertz CT molecular complexity index is 535. The van der Waals surface area contributed by atoms with E-state index in [4.69, 9.17) is 10.5 Å². The van der Waals surface area contributed by atoms with Crippen molar-refractivity contribution in [2.45, 2.75) is 38.8 Å². The quantitative estimate of drug-likeness (QED) is 0.824. The van der Waals surface area contributed by atoms with E-state index in [1.165, 1.54) is 12.3 Å². The van der Waals surface area contributed by atoms with Gasteiger partial charge >= 0.3 is 0 Å². The van der Waals surface area contributed by atoms with Gasteiger partial charge in [-0.15, -0.1) is 0 Å². The summed E-state index contributed by atoms with van der Waals surface area (Å²) in [7, 11) is 0. The first-order valence-electron chi connectivity index (χ1n) is 7.29. The molecule has 1 atom stereocenters. The first kappa shape index (κ1) is 15.5. The fourth-order valence-electron chi connectivity index (χ4n) is 2.21. The topological polar surface area (TPSA) is 90.4 Å². The first-order chi connectivity index (χ1) is 10.1. The highest BCUT2D eigenvalue weighted by Crippen LogP contribution is 2.09. The van der Waals surface area contributed by atoms with Crippen LogP contribution in [0.4, 0.5) is 0 Å². The van der Waals surface area contributed by atoms with Crippen LogP contribution in [0.1, 0.15) is 26.2 Å². The van der Waals surface area contributed by atoms with E-state index < -0.39 is 0 Å². The summed E-state index contributed by atoms with van der Waals surface area (Å²) in [6.45, 7) is 3.64. The lowest BCUT2D eigenvalue weighted by molar-refractivity contribution is -0.133. The molecule has 1 fully saturated rings. The van der Waals surface area contributed by atoms with E-state index in [1.54, 1.807) is 4.90 Å². The van der Waals surface area contributed by atoms with Crippen molar-refractivity contribution in [2.75, 3.05) is 19.7 Å². The van der Waals surface area contributed by atoms with Crippen molar-refractivity contribution in [3.63, 3.8) is 0 Å². The molecule has 0 radical (unpaired) electrons. The summed E-state index contributed by atoms with van der Waals surface area (Å²) in [5, 5.41) is 3.98. The lowest BCUT2D eigenvalue weighted by Gasteiger charge is -2.26. The molecule has 1 aromatic heterocycles. The summed E-state index contributed by atoms with van der Waals surface area (Å²) in [4.78, 5) is 25.8. The summed E-state index contributed by atoms with van der Waals surface area (Å²) in [5.41, 5.74) is 5.23. The molecular weight excluding hydrogens is 272 g/mol. The predicted molar refractivity (Wildman–Crippen MR) is 78.1 cm³/mol. The van der Waals surface area contributed by atoms with E-state index in [2.05, 4.69) is 5.10 Å². The number of nitrogens with zero attached hydrogens (tertiary/aromatic N) is 3. The Hall–Kier alpha value is -1.89. The van der Waals surface area contributed by atoms with Gasteiger partial charge in [0.05, 0.1) is 6.20 Å². The molecule has 2 rings (SSSR count). The minimum atomic E-state index is -0.345. The van der Waals surface area contributed by atoms with Crippen LogP contribution in [0.5, 0.6) is 5.75 Å². The second-order valence-corrected chi connectivity index (χ2v) is 5.42. The molecule has 116 valence electrons. The van der Waals surface area contributed by atoms with Gasteiger partial charge < -0.3 is 15.4 Å². The van der Waals surface area contributed by atoms with Crippen LogP contribution in [0.15, 0.2) is 17.1 Å². The number of likely N-dealkylation sites (tertiary alicyclic amines) is 1. The van der Waals surface area contributed by atoms with E-state index in [-0.39, 0.29) is 24.1 Å². The second-order valence-electron chi connectivity index (χ2n) is 5.42. The Morgan fingerprint density at radius 1 is 1.43 bits per heavy atom. The van der Waals surface area contributed by atoms with E-state index in [0.717, 1.165) is 37.0 Å². The number of hydrogen-bond donors (Lipinski definition) is 1. The molecule has 2 N–H and O–H groups in total. The second kappa shape index (κ2) is 7.21. The fourth-order valence-corrected chi connectivity index (χ4v) is 2.21. The fraction of sp³-hybridized carbons (Fsp3) is 0.643. The standard InChI is InChI=1S/C14H22N4O3/c1-11(15)10-21-12-7-13(19)18(16-8-12)9-14(20)17-5-3-2-4-6-17/h7-8,11H,2-6,9-10,15H2,1H3. The van der Waals surface area contributed by atoms with Gasteiger partial charge in [-0.1, -0.05) is 0 Å². The highest BCUT2D eigenvalue weighted by Gasteiger charge is 2.17. The molecule has 0 bridgehead atoms. The molecule has 0 aromatic carbocycles. The minimum absolute atomic E-state index is 0.0214. The summed E-state index contributed by atoms with van der Waals surface area (Å²) in [6.07, 6.45) is 4.65. The number of rotatable bonds is 5. The lowest BCUT2D eigenvalue weighted by Crippen LogP contribution is -2.40. The highest BCUT2D eigenvalue weighted by molar-refractivity contribution is 5.75. The summed E-state index contributed by atoms with van der Waals surface area (Å²) < 4.78 is 6.49. The van der Waals surface area contributed by atoms with Gasteiger partial charge in [0.25, 0.3) is 5.56 Å². The average Bonchev–Trinajstić information content (AvgIpc) is 2.48. The Labute approximate surface area is 123 Å². The summed E-state index contributed by atoms with van der Waals surface area (Å²) in [6, 6.07) is 1.21. The van der Waals surface area contributed by atoms with Crippen LogP contribution in [0.3, 0.4) is 0 Å². The normalized spacial score (nSPS) is 16.6. The number of hydrogen-bond acceptors (Lipinski definition) is 5. The van der Waals surface area contributed by atoms with E-state index in [9.17, 15) is 9.59 Å². The molecule has 2 heterocycles. The number of aromatic nitrogens is 2. The maximum absolute atomic E-state index is 12.1. The molecule has 1 amide bonds. The molecule has 1 aliphatic heterocycles. The third-order valence-electron chi connectivity index (χ3n) is 3.35. The van der Waals surface area contributed by atoms with Gasteiger partial charge in [0.2, 0.25) is 5.91 Å².